The maximum atomic E-state index is 10.6. The first-order valence-corrected chi connectivity index (χ1v) is 8.45. The highest BCUT2D eigenvalue weighted by atomic mass is 16.5. The number of nitrogens with one attached hydrogen (secondary N) is 1. The number of fused-ring (bicyclic) bond motifs is 3. The Kier molecular flexibility index (Phi) is 5.45. The number of pyridine rings is 1. The van der Waals surface area contributed by atoms with Gasteiger partial charge in [-0.05, 0) is 25.8 Å². The van der Waals surface area contributed by atoms with Gasteiger partial charge in [0.2, 0.25) is 0 Å². The SMILES string of the molecule is CCOC[C@H](CCCNC(=O)O)n1cnc2cnc3ccccc3c21. The van der Waals surface area contributed by atoms with Crippen LogP contribution in [0.4, 0.5) is 4.79 Å². The third-order valence-electron chi connectivity index (χ3n) is 4.21. The van der Waals surface area contributed by atoms with Crippen LogP contribution in [0.5, 0.6) is 0 Å². The predicted octanol–water partition coefficient (Wildman–Crippen LogP) is 3.21. The summed E-state index contributed by atoms with van der Waals surface area (Å²) >= 11 is 0. The van der Waals surface area contributed by atoms with Gasteiger partial charge in [-0.2, -0.15) is 0 Å². The lowest BCUT2D eigenvalue weighted by molar-refractivity contribution is 0.110. The van der Waals surface area contributed by atoms with Gasteiger partial charge in [0.1, 0.15) is 5.52 Å². The average Bonchev–Trinajstić information content (AvgIpc) is 3.05. The molecule has 1 atom stereocenters. The Hall–Kier alpha value is -2.67. The van der Waals surface area contributed by atoms with E-state index in [-0.39, 0.29) is 6.04 Å². The van der Waals surface area contributed by atoms with Gasteiger partial charge in [0.05, 0.1) is 36.2 Å². The van der Waals surface area contributed by atoms with Gasteiger partial charge < -0.3 is 19.7 Å². The number of nitrogens with zero attached hydrogens (tertiary/aromatic N) is 3. The predicted molar refractivity (Wildman–Crippen MR) is 95.8 cm³/mol. The maximum absolute atomic E-state index is 10.6. The van der Waals surface area contributed by atoms with E-state index in [0.717, 1.165) is 34.8 Å². The van der Waals surface area contributed by atoms with Crippen molar-refractivity contribution < 1.29 is 14.6 Å². The highest BCUT2D eigenvalue weighted by Crippen LogP contribution is 2.27. The highest BCUT2D eigenvalue weighted by Gasteiger charge is 2.16. The van der Waals surface area contributed by atoms with Crippen molar-refractivity contribution in [2.75, 3.05) is 19.8 Å². The van der Waals surface area contributed by atoms with Crippen molar-refractivity contribution in [3.8, 4) is 0 Å². The van der Waals surface area contributed by atoms with E-state index in [4.69, 9.17) is 9.84 Å². The van der Waals surface area contributed by atoms with Gasteiger partial charge in [0.15, 0.2) is 0 Å². The first kappa shape index (κ1) is 17.2. The molecule has 0 aliphatic carbocycles. The van der Waals surface area contributed by atoms with Crippen LogP contribution in [0, 0.1) is 0 Å². The van der Waals surface area contributed by atoms with Crippen LogP contribution in [0.2, 0.25) is 0 Å². The summed E-state index contributed by atoms with van der Waals surface area (Å²) in [6, 6.07) is 8.09. The Morgan fingerprint density at radius 1 is 1.32 bits per heavy atom. The van der Waals surface area contributed by atoms with Crippen LogP contribution < -0.4 is 5.32 Å². The van der Waals surface area contributed by atoms with E-state index < -0.39 is 6.09 Å². The van der Waals surface area contributed by atoms with Crippen molar-refractivity contribution in [3.05, 3.63) is 36.8 Å². The quantitative estimate of drug-likeness (QED) is 0.614. The molecule has 132 valence electrons. The smallest absolute Gasteiger partial charge is 0.404 e. The van der Waals surface area contributed by atoms with Crippen molar-refractivity contribution in [1.29, 1.82) is 0 Å². The molecule has 0 fully saturated rings. The number of hydrogen-bond donors (Lipinski definition) is 2. The Morgan fingerprint density at radius 2 is 2.16 bits per heavy atom. The molecule has 1 amide bonds. The van der Waals surface area contributed by atoms with E-state index in [1.54, 1.807) is 6.20 Å². The molecule has 7 nitrogen and oxygen atoms in total. The molecule has 0 spiro atoms. The van der Waals surface area contributed by atoms with E-state index in [2.05, 4.69) is 19.9 Å². The summed E-state index contributed by atoms with van der Waals surface area (Å²) in [7, 11) is 0. The molecule has 0 radical (unpaired) electrons. The third kappa shape index (κ3) is 3.88. The zero-order valence-corrected chi connectivity index (χ0v) is 14.2. The largest absolute Gasteiger partial charge is 0.465 e. The summed E-state index contributed by atoms with van der Waals surface area (Å²) in [5.74, 6) is 0. The normalized spacial score (nSPS) is 12.5. The van der Waals surface area contributed by atoms with Gasteiger partial charge in [0, 0.05) is 18.5 Å². The molecule has 0 bridgehead atoms. The molecule has 0 aliphatic heterocycles. The fraction of sp³-hybridized carbons (Fsp3) is 0.389. The molecular formula is C18H22N4O3. The first-order valence-electron chi connectivity index (χ1n) is 8.45. The molecule has 3 aromatic rings. The van der Waals surface area contributed by atoms with E-state index in [0.29, 0.717) is 19.8 Å². The van der Waals surface area contributed by atoms with Crippen LogP contribution in [-0.2, 0) is 4.74 Å². The molecule has 1 aromatic carbocycles. The second-order valence-electron chi connectivity index (χ2n) is 5.85. The van der Waals surface area contributed by atoms with Crippen molar-refractivity contribution >= 4 is 28.0 Å². The minimum Gasteiger partial charge on any atom is -0.465 e. The van der Waals surface area contributed by atoms with E-state index in [1.807, 2.05) is 37.5 Å². The molecule has 2 aromatic heterocycles. The fourth-order valence-electron chi connectivity index (χ4n) is 3.03. The Balaban J connectivity index is 1.91. The summed E-state index contributed by atoms with van der Waals surface area (Å²) in [5, 5.41) is 12.2. The maximum Gasteiger partial charge on any atom is 0.404 e. The lowest BCUT2D eigenvalue weighted by Gasteiger charge is -2.20. The van der Waals surface area contributed by atoms with Crippen LogP contribution >= 0.6 is 0 Å². The van der Waals surface area contributed by atoms with Gasteiger partial charge >= 0.3 is 6.09 Å². The number of hydrogen-bond acceptors (Lipinski definition) is 4. The Labute approximate surface area is 145 Å². The van der Waals surface area contributed by atoms with E-state index in [1.165, 1.54) is 0 Å². The van der Waals surface area contributed by atoms with Crippen LogP contribution in [0.25, 0.3) is 21.9 Å². The molecule has 7 heteroatoms. The van der Waals surface area contributed by atoms with Gasteiger partial charge in [-0.1, -0.05) is 18.2 Å². The molecule has 0 aliphatic rings. The number of amides is 1. The van der Waals surface area contributed by atoms with Gasteiger partial charge in [-0.25, -0.2) is 9.78 Å². The number of rotatable bonds is 8. The van der Waals surface area contributed by atoms with Crippen LogP contribution in [0.1, 0.15) is 25.8 Å². The molecular weight excluding hydrogens is 320 g/mol. The third-order valence-corrected chi connectivity index (χ3v) is 4.21. The number of carboxylic acid groups (broad SMARTS) is 1. The molecule has 0 saturated carbocycles. The molecule has 0 saturated heterocycles. The number of carbonyl (C=O) groups is 1. The minimum atomic E-state index is -0.994. The van der Waals surface area contributed by atoms with E-state index in [9.17, 15) is 4.79 Å². The molecule has 2 heterocycles. The number of para-hydroxylation sites is 1. The lowest BCUT2D eigenvalue weighted by Crippen LogP contribution is -2.23. The zero-order chi connectivity index (χ0) is 17.6. The van der Waals surface area contributed by atoms with Crippen LogP contribution in [-0.4, -0.2) is 45.5 Å². The van der Waals surface area contributed by atoms with Crippen molar-refractivity contribution in [2.24, 2.45) is 0 Å². The summed E-state index contributed by atoms with van der Waals surface area (Å²) < 4.78 is 7.79. The fourth-order valence-corrected chi connectivity index (χ4v) is 3.03. The summed E-state index contributed by atoms with van der Waals surface area (Å²) in [6.45, 7) is 3.59. The highest BCUT2D eigenvalue weighted by molar-refractivity contribution is 6.01. The minimum absolute atomic E-state index is 0.0892. The molecule has 0 unspecified atom stereocenters. The standard InChI is InChI=1S/C18H22N4O3/c1-2-25-11-13(6-5-9-19-18(23)24)22-12-21-16-10-20-15-8-4-3-7-14(15)17(16)22/h3-4,7-8,10,12-13,19H,2,5-6,9,11H2,1H3,(H,23,24)/t13-/m0/s1. The van der Waals surface area contributed by atoms with Gasteiger partial charge in [-0.15, -0.1) is 0 Å². The number of ether oxygens (including phenoxy) is 1. The van der Waals surface area contributed by atoms with Crippen LogP contribution in [0.15, 0.2) is 36.8 Å². The summed E-state index contributed by atoms with van der Waals surface area (Å²) in [6.07, 6.45) is 4.15. The molecule has 2 N–H and O–H groups in total. The molecule has 25 heavy (non-hydrogen) atoms. The van der Waals surface area contributed by atoms with Crippen molar-refractivity contribution in [3.63, 3.8) is 0 Å². The topological polar surface area (TPSA) is 89.3 Å². The van der Waals surface area contributed by atoms with Gasteiger partial charge in [-0.3, -0.25) is 4.98 Å². The summed E-state index contributed by atoms with van der Waals surface area (Å²) in [4.78, 5) is 19.6. The number of aromatic nitrogens is 3. The van der Waals surface area contributed by atoms with Gasteiger partial charge in [0.25, 0.3) is 0 Å². The number of benzene rings is 1. The Morgan fingerprint density at radius 3 is 2.96 bits per heavy atom. The average molecular weight is 342 g/mol. The monoisotopic (exact) mass is 342 g/mol. The van der Waals surface area contributed by atoms with Crippen LogP contribution in [0.3, 0.4) is 0 Å². The first-order chi connectivity index (χ1) is 12.2. The zero-order valence-electron chi connectivity index (χ0n) is 14.2. The summed E-state index contributed by atoms with van der Waals surface area (Å²) in [5.41, 5.74) is 2.82. The van der Waals surface area contributed by atoms with E-state index >= 15 is 0 Å². The number of imidazole rings is 1. The van der Waals surface area contributed by atoms with Crippen molar-refractivity contribution in [1.82, 2.24) is 19.9 Å². The Bertz CT molecular complexity index is 862. The van der Waals surface area contributed by atoms with Crippen molar-refractivity contribution in [2.45, 2.75) is 25.8 Å². The molecule has 3 rings (SSSR count). The second kappa shape index (κ2) is 7.94. The lowest BCUT2D eigenvalue weighted by atomic mass is 10.1. The second-order valence-corrected chi connectivity index (χ2v) is 5.85.